The van der Waals surface area contributed by atoms with Gasteiger partial charge in [0, 0.05) is 12.6 Å². The van der Waals surface area contributed by atoms with Crippen molar-refractivity contribution in [3.8, 4) is 11.5 Å². The SMILES string of the molecule is COc1cccc(/C=C2\SC(=O)N(C)C2=O)c1O. The maximum Gasteiger partial charge on any atom is 0.293 e. The minimum Gasteiger partial charge on any atom is -0.504 e. The first-order valence-corrected chi connectivity index (χ1v) is 5.93. The van der Waals surface area contributed by atoms with Crippen LogP contribution in [0.2, 0.25) is 0 Å². The molecule has 1 N–H and O–H groups in total. The number of phenols is 1. The number of thioether (sulfide) groups is 1. The largest absolute Gasteiger partial charge is 0.504 e. The highest BCUT2D eigenvalue weighted by Crippen LogP contribution is 2.35. The highest BCUT2D eigenvalue weighted by molar-refractivity contribution is 8.18. The van der Waals surface area contributed by atoms with Gasteiger partial charge in [-0.1, -0.05) is 12.1 Å². The fourth-order valence-corrected chi connectivity index (χ4v) is 2.33. The van der Waals surface area contributed by atoms with Gasteiger partial charge in [-0.3, -0.25) is 14.5 Å². The van der Waals surface area contributed by atoms with Crippen molar-refractivity contribution in [1.82, 2.24) is 4.90 Å². The third kappa shape index (κ3) is 2.06. The van der Waals surface area contributed by atoms with Crippen LogP contribution in [-0.4, -0.2) is 35.3 Å². The van der Waals surface area contributed by atoms with Crippen LogP contribution in [0.1, 0.15) is 5.56 Å². The fraction of sp³-hybridized carbons (Fsp3) is 0.167. The molecule has 5 nitrogen and oxygen atoms in total. The highest BCUT2D eigenvalue weighted by atomic mass is 32.2. The summed E-state index contributed by atoms with van der Waals surface area (Å²) in [5.41, 5.74) is 0.438. The van der Waals surface area contributed by atoms with Gasteiger partial charge in [0.1, 0.15) is 0 Å². The van der Waals surface area contributed by atoms with E-state index in [0.29, 0.717) is 11.3 Å². The summed E-state index contributed by atoms with van der Waals surface area (Å²) in [5.74, 6) is -0.102. The molecule has 1 aromatic rings. The molecule has 0 aliphatic carbocycles. The predicted octanol–water partition coefficient (Wildman–Crippen LogP) is 2.07. The van der Waals surface area contributed by atoms with Crippen molar-refractivity contribution in [2.24, 2.45) is 0 Å². The molecule has 0 unspecified atom stereocenters. The van der Waals surface area contributed by atoms with E-state index in [4.69, 9.17) is 4.74 Å². The second-order valence-electron chi connectivity index (χ2n) is 3.64. The zero-order valence-electron chi connectivity index (χ0n) is 9.84. The molecule has 0 spiro atoms. The number of nitrogens with zero attached hydrogens (tertiary/aromatic N) is 1. The van der Waals surface area contributed by atoms with E-state index < -0.39 is 0 Å². The number of hydrogen-bond acceptors (Lipinski definition) is 5. The third-order valence-corrected chi connectivity index (χ3v) is 3.48. The lowest BCUT2D eigenvalue weighted by Gasteiger charge is -2.05. The lowest BCUT2D eigenvalue weighted by Crippen LogP contribution is -2.22. The van der Waals surface area contributed by atoms with E-state index in [1.807, 2.05) is 0 Å². The summed E-state index contributed by atoms with van der Waals surface area (Å²) in [6.07, 6.45) is 1.48. The van der Waals surface area contributed by atoms with Gasteiger partial charge < -0.3 is 9.84 Å². The maximum absolute atomic E-state index is 11.7. The summed E-state index contributed by atoms with van der Waals surface area (Å²) in [6, 6.07) is 4.94. The Labute approximate surface area is 108 Å². The van der Waals surface area contributed by atoms with E-state index in [-0.39, 0.29) is 21.8 Å². The first kappa shape index (κ1) is 12.5. The number of phenolic OH excluding ortho intramolecular Hbond substituents is 1. The van der Waals surface area contributed by atoms with Gasteiger partial charge in [-0.25, -0.2) is 0 Å². The highest BCUT2D eigenvalue weighted by Gasteiger charge is 2.32. The number of benzene rings is 1. The number of aromatic hydroxyl groups is 1. The summed E-state index contributed by atoms with van der Waals surface area (Å²) in [5, 5.41) is 9.55. The van der Waals surface area contributed by atoms with E-state index in [1.165, 1.54) is 20.2 Å². The van der Waals surface area contributed by atoms with Gasteiger partial charge in [-0.2, -0.15) is 0 Å². The molecular formula is C12H11NO4S. The Balaban J connectivity index is 2.40. The van der Waals surface area contributed by atoms with Gasteiger partial charge in [0.25, 0.3) is 11.1 Å². The van der Waals surface area contributed by atoms with Crippen LogP contribution in [0.3, 0.4) is 0 Å². The quantitative estimate of drug-likeness (QED) is 0.829. The Morgan fingerprint density at radius 1 is 1.39 bits per heavy atom. The molecule has 18 heavy (non-hydrogen) atoms. The molecule has 1 heterocycles. The Morgan fingerprint density at radius 2 is 2.11 bits per heavy atom. The number of imide groups is 1. The number of carbonyl (C=O) groups excluding carboxylic acids is 2. The number of amides is 2. The van der Waals surface area contributed by atoms with Crippen LogP contribution in [0.4, 0.5) is 4.79 Å². The van der Waals surface area contributed by atoms with Crippen LogP contribution >= 0.6 is 11.8 Å². The summed E-state index contributed by atoms with van der Waals surface area (Å²) in [6.45, 7) is 0. The molecule has 1 aliphatic heterocycles. The van der Waals surface area contributed by atoms with Crippen molar-refractivity contribution in [2.75, 3.05) is 14.2 Å². The van der Waals surface area contributed by atoms with Gasteiger partial charge in [0.05, 0.1) is 12.0 Å². The minimum absolute atomic E-state index is 0.0529. The monoisotopic (exact) mass is 265 g/mol. The number of para-hydroxylation sites is 1. The van der Waals surface area contributed by atoms with E-state index in [1.54, 1.807) is 18.2 Å². The summed E-state index contributed by atoms with van der Waals surface area (Å²) in [7, 11) is 2.86. The molecule has 0 saturated carbocycles. The molecular weight excluding hydrogens is 254 g/mol. The zero-order chi connectivity index (χ0) is 13.3. The lowest BCUT2D eigenvalue weighted by molar-refractivity contribution is -0.121. The first-order valence-electron chi connectivity index (χ1n) is 5.12. The zero-order valence-corrected chi connectivity index (χ0v) is 10.7. The molecule has 94 valence electrons. The van der Waals surface area contributed by atoms with Crippen molar-refractivity contribution in [1.29, 1.82) is 0 Å². The number of rotatable bonds is 2. The summed E-state index contributed by atoms with van der Waals surface area (Å²) < 4.78 is 4.97. The third-order valence-electron chi connectivity index (χ3n) is 2.52. The molecule has 2 rings (SSSR count). The minimum atomic E-state index is -0.368. The van der Waals surface area contributed by atoms with Crippen molar-refractivity contribution >= 4 is 29.0 Å². The topological polar surface area (TPSA) is 66.8 Å². The molecule has 6 heteroatoms. The average molecular weight is 265 g/mol. The van der Waals surface area contributed by atoms with Gasteiger partial charge in [-0.05, 0) is 23.9 Å². The molecule has 1 aliphatic rings. The number of likely N-dealkylation sites (N-methyl/N-ethyl adjacent to an activating group) is 1. The molecule has 0 aromatic heterocycles. The van der Waals surface area contributed by atoms with E-state index in [2.05, 4.69) is 0 Å². The Morgan fingerprint density at radius 3 is 2.67 bits per heavy atom. The molecule has 2 amide bonds. The predicted molar refractivity (Wildman–Crippen MR) is 68.4 cm³/mol. The van der Waals surface area contributed by atoms with Gasteiger partial charge >= 0.3 is 0 Å². The first-order chi connectivity index (χ1) is 8.54. The van der Waals surface area contributed by atoms with E-state index >= 15 is 0 Å². The Kier molecular flexibility index (Phi) is 3.29. The number of ether oxygens (including phenoxy) is 1. The summed E-state index contributed by atoms with van der Waals surface area (Å²) >= 11 is 0.845. The summed E-state index contributed by atoms with van der Waals surface area (Å²) in [4.78, 5) is 24.3. The number of carbonyl (C=O) groups is 2. The molecule has 1 aromatic carbocycles. The second-order valence-corrected chi connectivity index (χ2v) is 4.63. The average Bonchev–Trinajstić information content (AvgIpc) is 2.60. The Hall–Kier alpha value is -1.95. The number of methoxy groups -OCH3 is 1. The van der Waals surface area contributed by atoms with E-state index in [0.717, 1.165) is 16.7 Å². The van der Waals surface area contributed by atoms with Crippen molar-refractivity contribution in [2.45, 2.75) is 0 Å². The van der Waals surface area contributed by atoms with Crippen LogP contribution < -0.4 is 4.74 Å². The second kappa shape index (κ2) is 4.73. The molecule has 0 atom stereocenters. The molecule has 1 fully saturated rings. The normalized spacial score (nSPS) is 17.7. The fourth-order valence-electron chi connectivity index (χ4n) is 1.51. The smallest absolute Gasteiger partial charge is 0.293 e. The standard InChI is InChI=1S/C12H11NO4S/c1-13-11(15)9(18-12(13)16)6-7-4-3-5-8(17-2)10(7)14/h3-6,14H,1-2H3/b9-6-. The Bertz CT molecular complexity index is 553. The lowest BCUT2D eigenvalue weighted by atomic mass is 10.1. The van der Waals surface area contributed by atoms with Gasteiger partial charge in [0.2, 0.25) is 0 Å². The van der Waals surface area contributed by atoms with Gasteiger partial charge in [-0.15, -0.1) is 0 Å². The van der Waals surface area contributed by atoms with Gasteiger partial charge in [0.15, 0.2) is 11.5 Å². The van der Waals surface area contributed by atoms with Crippen molar-refractivity contribution in [3.63, 3.8) is 0 Å². The van der Waals surface area contributed by atoms with Crippen LogP contribution in [0, 0.1) is 0 Å². The molecule has 0 radical (unpaired) electrons. The van der Waals surface area contributed by atoms with E-state index in [9.17, 15) is 14.7 Å². The number of hydrogen-bond donors (Lipinski definition) is 1. The van der Waals surface area contributed by atoms with Crippen LogP contribution in [-0.2, 0) is 4.79 Å². The molecule has 1 saturated heterocycles. The van der Waals surface area contributed by atoms with Crippen LogP contribution in [0.5, 0.6) is 11.5 Å². The van der Waals surface area contributed by atoms with Crippen molar-refractivity contribution < 1.29 is 19.4 Å². The van der Waals surface area contributed by atoms with Crippen LogP contribution in [0.25, 0.3) is 6.08 Å². The molecule has 0 bridgehead atoms. The van der Waals surface area contributed by atoms with Crippen LogP contribution in [0.15, 0.2) is 23.1 Å². The van der Waals surface area contributed by atoms with Crippen molar-refractivity contribution in [3.05, 3.63) is 28.7 Å². The maximum atomic E-state index is 11.7.